The fraction of sp³-hybridized carbons (Fsp3) is 0.125. The zero-order valence-corrected chi connectivity index (χ0v) is 17.7. The predicted octanol–water partition coefficient (Wildman–Crippen LogP) is 2.77. The molecule has 2 heterocycles. The molecule has 1 atom stereocenters. The van der Waals surface area contributed by atoms with E-state index < -0.39 is 6.17 Å². The number of fused-ring (bicyclic) bond motifs is 2. The van der Waals surface area contributed by atoms with Gasteiger partial charge in [-0.3, -0.25) is 15.1 Å². The van der Waals surface area contributed by atoms with Gasteiger partial charge < -0.3 is 4.74 Å². The number of rotatable bonds is 4. The summed E-state index contributed by atoms with van der Waals surface area (Å²) in [5.41, 5.74) is 2.61. The molecule has 0 saturated heterocycles. The Hall–Kier alpha value is -3.58. The summed E-state index contributed by atoms with van der Waals surface area (Å²) in [7, 11) is 1.64. The van der Waals surface area contributed by atoms with Gasteiger partial charge >= 0.3 is 0 Å². The molecule has 5 rings (SSSR count). The number of carbonyl (C=O) groups is 1. The van der Waals surface area contributed by atoms with Crippen LogP contribution in [0.4, 0.5) is 0 Å². The molecule has 154 valence electrons. The minimum absolute atomic E-state index is 0.175. The van der Waals surface area contributed by atoms with Crippen LogP contribution in [0.2, 0.25) is 0 Å². The fourth-order valence-corrected chi connectivity index (χ4v) is 4.42. The molecule has 2 aliphatic rings. The highest BCUT2D eigenvalue weighted by Crippen LogP contribution is 2.31. The summed E-state index contributed by atoms with van der Waals surface area (Å²) in [5, 5.41) is 11.6. The van der Waals surface area contributed by atoms with Gasteiger partial charge in [0, 0.05) is 11.0 Å². The van der Waals surface area contributed by atoms with E-state index >= 15 is 0 Å². The molecule has 0 radical (unpaired) electrons. The van der Waals surface area contributed by atoms with Crippen LogP contribution in [0.25, 0.3) is 5.70 Å². The van der Waals surface area contributed by atoms with E-state index in [1.165, 1.54) is 17.3 Å². The topological polar surface area (TPSA) is 66.3 Å². The Morgan fingerprint density at radius 3 is 2.52 bits per heavy atom. The second kappa shape index (κ2) is 8.28. The molecule has 0 aromatic heterocycles. The maximum Gasteiger partial charge on any atom is 0.276 e. The number of amides is 1. The Morgan fingerprint density at radius 2 is 1.74 bits per heavy atom. The Balaban J connectivity index is 1.56. The summed E-state index contributed by atoms with van der Waals surface area (Å²) in [6, 6.07) is 25.5. The van der Waals surface area contributed by atoms with Crippen molar-refractivity contribution in [3.8, 4) is 5.75 Å². The third kappa shape index (κ3) is 3.80. The van der Waals surface area contributed by atoms with E-state index in [-0.39, 0.29) is 5.91 Å². The molecule has 3 aromatic rings. The van der Waals surface area contributed by atoms with Crippen LogP contribution < -0.4 is 20.6 Å². The van der Waals surface area contributed by atoms with Crippen molar-refractivity contribution < 1.29 is 9.53 Å². The minimum atomic E-state index is -0.436. The lowest BCUT2D eigenvalue weighted by Gasteiger charge is -2.34. The highest BCUT2D eigenvalue weighted by molar-refractivity contribution is 8.13. The first kappa shape index (κ1) is 19.4. The number of hydrogen-bond acceptors (Lipinski definition) is 6. The van der Waals surface area contributed by atoms with Crippen LogP contribution in [0.3, 0.4) is 0 Å². The van der Waals surface area contributed by atoms with E-state index in [1.54, 1.807) is 12.1 Å². The maximum atomic E-state index is 13.1. The smallest absolute Gasteiger partial charge is 0.276 e. The first-order chi connectivity index (χ1) is 15.2. The molecular formula is C24H20N4O2S. The van der Waals surface area contributed by atoms with Crippen LogP contribution in [0.15, 0.2) is 89.0 Å². The molecular weight excluding hydrogens is 408 g/mol. The normalized spacial score (nSPS) is 17.1. The highest BCUT2D eigenvalue weighted by atomic mass is 32.2. The van der Waals surface area contributed by atoms with Gasteiger partial charge in [0.2, 0.25) is 0 Å². The van der Waals surface area contributed by atoms with Crippen molar-refractivity contribution in [2.45, 2.75) is 11.9 Å². The Labute approximate surface area is 184 Å². The summed E-state index contributed by atoms with van der Waals surface area (Å²) >= 11 is 1.50. The first-order valence-corrected chi connectivity index (χ1v) is 10.9. The van der Waals surface area contributed by atoms with Crippen LogP contribution in [-0.4, -0.2) is 23.2 Å². The fourth-order valence-electron chi connectivity index (χ4n) is 3.61. The number of methoxy groups -OCH3 is 1. The van der Waals surface area contributed by atoms with E-state index in [0.29, 0.717) is 16.6 Å². The van der Waals surface area contributed by atoms with Gasteiger partial charge in [-0.2, -0.15) is 0 Å². The number of carbonyl (C=O) groups excluding carboxylic acids is 1. The number of ether oxygens (including phenoxy) is 1. The molecule has 0 aliphatic carbocycles. The molecule has 0 unspecified atom stereocenters. The predicted molar refractivity (Wildman–Crippen MR) is 122 cm³/mol. The lowest BCUT2D eigenvalue weighted by atomic mass is 10.1. The second-order valence-electron chi connectivity index (χ2n) is 7.12. The number of hydrazone groups is 1. The monoisotopic (exact) mass is 428 g/mol. The molecule has 0 saturated carbocycles. The van der Waals surface area contributed by atoms with Crippen LogP contribution in [0, 0.1) is 0 Å². The molecule has 0 bridgehead atoms. The molecule has 7 heteroatoms. The van der Waals surface area contributed by atoms with Crippen molar-refractivity contribution in [3.63, 3.8) is 0 Å². The van der Waals surface area contributed by atoms with Gasteiger partial charge in [0.25, 0.3) is 5.91 Å². The van der Waals surface area contributed by atoms with Gasteiger partial charge in [-0.15, -0.1) is 5.10 Å². The van der Waals surface area contributed by atoms with Crippen molar-refractivity contribution in [2.75, 3.05) is 7.11 Å². The van der Waals surface area contributed by atoms with Gasteiger partial charge in [0.1, 0.15) is 11.4 Å². The average Bonchev–Trinajstić information content (AvgIpc) is 2.83. The number of nitrogens with zero attached hydrogens (tertiary/aromatic N) is 3. The molecule has 0 fully saturated rings. The summed E-state index contributed by atoms with van der Waals surface area (Å²) < 4.78 is 5.28. The van der Waals surface area contributed by atoms with Gasteiger partial charge in [-0.1, -0.05) is 72.4 Å². The van der Waals surface area contributed by atoms with Gasteiger partial charge in [-0.25, -0.2) is 5.01 Å². The third-order valence-corrected chi connectivity index (χ3v) is 6.08. The number of para-hydroxylation sites is 1. The zero-order valence-electron chi connectivity index (χ0n) is 16.9. The van der Waals surface area contributed by atoms with E-state index in [9.17, 15) is 4.79 Å². The average molecular weight is 429 g/mol. The molecule has 1 N–H and O–H groups in total. The Morgan fingerprint density at radius 1 is 1.00 bits per heavy atom. The summed E-state index contributed by atoms with van der Waals surface area (Å²) in [4.78, 5) is 18.1. The molecule has 3 aromatic carbocycles. The molecule has 1 amide bonds. The lowest BCUT2D eigenvalue weighted by Crippen LogP contribution is -2.50. The first-order valence-electron chi connectivity index (χ1n) is 9.90. The Kier molecular flexibility index (Phi) is 5.18. The SMILES string of the molecule is COc1ccc([C@H]2N=c3ccccc3=C3C(=O)NC(SCc4ccccc4)=NN32)cc1. The lowest BCUT2D eigenvalue weighted by molar-refractivity contribution is -0.116. The summed E-state index contributed by atoms with van der Waals surface area (Å²) in [6.45, 7) is 0. The number of hydrogen-bond donors (Lipinski definition) is 1. The van der Waals surface area contributed by atoms with Crippen molar-refractivity contribution in [1.29, 1.82) is 0 Å². The van der Waals surface area contributed by atoms with Gasteiger partial charge in [0.05, 0.1) is 12.5 Å². The third-order valence-electron chi connectivity index (χ3n) is 5.15. The number of benzene rings is 3. The van der Waals surface area contributed by atoms with E-state index in [0.717, 1.165) is 21.9 Å². The summed E-state index contributed by atoms with van der Waals surface area (Å²) in [5.74, 6) is 1.30. The van der Waals surface area contributed by atoms with Crippen molar-refractivity contribution in [1.82, 2.24) is 10.3 Å². The molecule has 0 spiro atoms. The van der Waals surface area contributed by atoms with Crippen molar-refractivity contribution >= 4 is 28.5 Å². The largest absolute Gasteiger partial charge is 0.497 e. The van der Waals surface area contributed by atoms with E-state index in [1.807, 2.05) is 66.7 Å². The van der Waals surface area contributed by atoms with E-state index in [2.05, 4.69) is 17.4 Å². The quantitative estimate of drug-likeness (QED) is 0.694. The van der Waals surface area contributed by atoms with Crippen LogP contribution in [-0.2, 0) is 10.5 Å². The zero-order chi connectivity index (χ0) is 21.2. The van der Waals surface area contributed by atoms with Gasteiger partial charge in [-0.05, 0) is 29.3 Å². The molecule has 6 nitrogen and oxygen atoms in total. The summed E-state index contributed by atoms with van der Waals surface area (Å²) in [6.07, 6.45) is -0.436. The van der Waals surface area contributed by atoms with Gasteiger partial charge in [0.15, 0.2) is 11.3 Å². The van der Waals surface area contributed by atoms with E-state index in [4.69, 9.17) is 14.8 Å². The maximum absolute atomic E-state index is 13.1. The van der Waals surface area contributed by atoms with Crippen LogP contribution in [0.5, 0.6) is 5.75 Å². The molecule has 31 heavy (non-hydrogen) atoms. The minimum Gasteiger partial charge on any atom is -0.497 e. The number of thioether (sulfide) groups is 1. The van der Waals surface area contributed by atoms with Crippen LogP contribution >= 0.6 is 11.8 Å². The van der Waals surface area contributed by atoms with Crippen LogP contribution in [0.1, 0.15) is 17.3 Å². The number of nitrogens with one attached hydrogen (secondary N) is 1. The van der Waals surface area contributed by atoms with Crippen molar-refractivity contribution in [2.24, 2.45) is 10.1 Å². The Bertz CT molecular complexity index is 1270. The molecule has 2 aliphatic heterocycles. The standard InChI is InChI=1S/C24H20N4O2S/c1-30-18-13-11-17(12-14-18)22-25-20-10-6-5-9-19(20)21-23(29)26-24(27-28(21)22)31-15-16-7-3-2-4-8-16/h2-14,22H,15H2,1H3,(H,26,27,29)/t22-/m0/s1. The van der Waals surface area contributed by atoms with Crippen molar-refractivity contribution in [3.05, 3.63) is 101 Å². The second-order valence-corrected chi connectivity index (χ2v) is 8.08. The number of amidine groups is 1. The highest BCUT2D eigenvalue weighted by Gasteiger charge is 2.34.